The third-order valence-corrected chi connectivity index (χ3v) is 8.06. The Morgan fingerprint density at radius 1 is 0.846 bits per heavy atom. The summed E-state index contributed by atoms with van der Waals surface area (Å²) >= 11 is 0. The van der Waals surface area contributed by atoms with Gasteiger partial charge in [0.1, 0.15) is 6.10 Å². The van der Waals surface area contributed by atoms with Crippen molar-refractivity contribution in [3.8, 4) is 0 Å². The first-order chi connectivity index (χ1) is 18.5. The number of benzene rings is 3. The summed E-state index contributed by atoms with van der Waals surface area (Å²) in [5, 5.41) is 10.8. The first kappa shape index (κ1) is 30.6. The zero-order valence-electron chi connectivity index (χ0n) is 25.1. The number of hydrogen-bond donors (Lipinski definition) is 1. The van der Waals surface area contributed by atoms with Crippen LogP contribution < -0.4 is 0 Å². The van der Waals surface area contributed by atoms with Gasteiger partial charge in [-0.15, -0.1) is 0 Å². The molecule has 0 radical (unpaired) electrons. The number of rotatable bonds is 12. The van der Waals surface area contributed by atoms with Gasteiger partial charge in [-0.1, -0.05) is 93.1 Å². The van der Waals surface area contributed by atoms with Gasteiger partial charge < -0.3 is 9.84 Å². The molecule has 39 heavy (non-hydrogen) atoms. The molecule has 0 aromatic heterocycles. The van der Waals surface area contributed by atoms with Crippen molar-refractivity contribution in [2.24, 2.45) is 11.8 Å². The van der Waals surface area contributed by atoms with Crippen LogP contribution in [0.4, 0.5) is 0 Å². The molecule has 210 valence electrons. The van der Waals surface area contributed by atoms with Gasteiger partial charge in [-0.2, -0.15) is 0 Å². The van der Waals surface area contributed by atoms with E-state index < -0.39 is 18.1 Å². The molecule has 0 fully saturated rings. The van der Waals surface area contributed by atoms with Crippen molar-refractivity contribution < 1.29 is 14.6 Å². The zero-order chi connectivity index (χ0) is 28.7. The van der Waals surface area contributed by atoms with Crippen LogP contribution in [-0.4, -0.2) is 28.1 Å². The molecule has 3 aromatic rings. The maximum Gasteiger partial charge on any atom is 0.312 e. The van der Waals surface area contributed by atoms with Crippen molar-refractivity contribution in [1.29, 1.82) is 0 Å². The molecule has 0 saturated heterocycles. The molecule has 0 saturated carbocycles. The molecule has 4 heteroatoms. The average molecular weight is 530 g/mol. The highest BCUT2D eigenvalue weighted by Crippen LogP contribution is 2.31. The van der Waals surface area contributed by atoms with Crippen molar-refractivity contribution in [2.45, 2.75) is 93.2 Å². The number of aliphatic hydroxyl groups excluding tert-OH is 1. The van der Waals surface area contributed by atoms with Gasteiger partial charge in [0.15, 0.2) is 0 Å². The van der Waals surface area contributed by atoms with Gasteiger partial charge in [-0.25, -0.2) is 0 Å². The maximum absolute atomic E-state index is 13.5. The van der Waals surface area contributed by atoms with Crippen molar-refractivity contribution in [1.82, 2.24) is 4.90 Å². The molecular weight excluding hydrogens is 482 g/mol. The SMILES string of the molecule is CC[C@H](C(=O)O[C@H](c1ccccc1)[C@H](C)N(Cc1ccccc1C)Cc1c(C)cc(C)cc1C)[C@H](O)C(C)C. The molecule has 0 bridgehead atoms. The normalized spacial score (nSPS) is 14.7. The average Bonchev–Trinajstić information content (AvgIpc) is 2.90. The van der Waals surface area contributed by atoms with Crippen LogP contribution in [0.3, 0.4) is 0 Å². The Bertz CT molecular complexity index is 1200. The number of carbonyl (C=O) groups is 1. The summed E-state index contributed by atoms with van der Waals surface area (Å²) in [6.45, 7) is 18.1. The fourth-order valence-electron chi connectivity index (χ4n) is 5.52. The van der Waals surface area contributed by atoms with Gasteiger partial charge in [-0.3, -0.25) is 9.69 Å². The molecule has 1 N–H and O–H groups in total. The summed E-state index contributed by atoms with van der Waals surface area (Å²) in [7, 11) is 0. The molecule has 0 heterocycles. The van der Waals surface area contributed by atoms with E-state index in [1.807, 2.05) is 51.1 Å². The number of ether oxygens (including phenoxy) is 1. The molecule has 0 unspecified atom stereocenters. The first-order valence-electron chi connectivity index (χ1n) is 14.3. The molecule has 0 amide bonds. The Morgan fingerprint density at radius 2 is 1.44 bits per heavy atom. The molecular formula is C35H47NO3. The predicted octanol–water partition coefficient (Wildman–Crippen LogP) is 7.64. The summed E-state index contributed by atoms with van der Waals surface area (Å²) in [6, 6.07) is 22.9. The number of aryl methyl sites for hydroxylation is 4. The molecule has 0 aliphatic rings. The molecule has 0 spiro atoms. The van der Waals surface area contributed by atoms with Gasteiger partial charge in [0, 0.05) is 19.1 Å². The molecule has 3 rings (SSSR count). The minimum Gasteiger partial charge on any atom is -0.456 e. The van der Waals surface area contributed by atoms with Crippen molar-refractivity contribution in [3.05, 3.63) is 106 Å². The Balaban J connectivity index is 2.04. The molecule has 3 aromatic carbocycles. The molecule has 0 aliphatic carbocycles. The van der Waals surface area contributed by atoms with E-state index >= 15 is 0 Å². The number of nitrogens with zero attached hydrogens (tertiary/aromatic N) is 1. The summed E-state index contributed by atoms with van der Waals surface area (Å²) in [4.78, 5) is 16.0. The highest BCUT2D eigenvalue weighted by molar-refractivity contribution is 5.73. The van der Waals surface area contributed by atoms with Crippen LogP contribution >= 0.6 is 0 Å². The molecule has 4 atom stereocenters. The third-order valence-electron chi connectivity index (χ3n) is 8.06. The van der Waals surface area contributed by atoms with Gasteiger partial charge in [-0.05, 0) is 80.3 Å². The van der Waals surface area contributed by atoms with E-state index in [-0.39, 0.29) is 17.9 Å². The third kappa shape index (κ3) is 7.80. The lowest BCUT2D eigenvalue weighted by Crippen LogP contribution is -2.41. The zero-order valence-corrected chi connectivity index (χ0v) is 25.1. The van der Waals surface area contributed by atoms with Crippen LogP contribution in [0.1, 0.15) is 79.2 Å². The van der Waals surface area contributed by atoms with Gasteiger partial charge in [0.25, 0.3) is 0 Å². The van der Waals surface area contributed by atoms with E-state index in [0.717, 1.165) is 18.7 Å². The van der Waals surface area contributed by atoms with E-state index in [0.29, 0.717) is 6.42 Å². The van der Waals surface area contributed by atoms with Crippen molar-refractivity contribution in [2.75, 3.05) is 0 Å². The Kier molecular flexibility index (Phi) is 10.9. The van der Waals surface area contributed by atoms with Crippen molar-refractivity contribution in [3.63, 3.8) is 0 Å². The Hall–Kier alpha value is -2.95. The second kappa shape index (κ2) is 13.9. The van der Waals surface area contributed by atoms with Gasteiger partial charge in [0.05, 0.1) is 12.0 Å². The fourth-order valence-corrected chi connectivity index (χ4v) is 5.52. The minimum atomic E-state index is -0.741. The first-order valence-corrected chi connectivity index (χ1v) is 14.3. The van der Waals surface area contributed by atoms with Gasteiger partial charge >= 0.3 is 5.97 Å². The highest BCUT2D eigenvalue weighted by Gasteiger charge is 2.34. The van der Waals surface area contributed by atoms with Crippen LogP contribution in [0.25, 0.3) is 0 Å². The predicted molar refractivity (Wildman–Crippen MR) is 160 cm³/mol. The smallest absolute Gasteiger partial charge is 0.312 e. The monoisotopic (exact) mass is 529 g/mol. The summed E-state index contributed by atoms with van der Waals surface area (Å²) in [5.74, 6) is -0.923. The minimum absolute atomic E-state index is 0.0276. The maximum atomic E-state index is 13.5. The summed E-state index contributed by atoms with van der Waals surface area (Å²) in [5.41, 5.74) is 8.57. The fraction of sp³-hybridized carbons (Fsp3) is 0.457. The second-order valence-corrected chi connectivity index (χ2v) is 11.5. The Morgan fingerprint density at radius 3 is 2.00 bits per heavy atom. The van der Waals surface area contributed by atoms with E-state index in [1.54, 1.807) is 0 Å². The van der Waals surface area contributed by atoms with Crippen LogP contribution in [0, 0.1) is 39.5 Å². The van der Waals surface area contributed by atoms with Crippen LogP contribution in [-0.2, 0) is 22.6 Å². The molecule has 4 nitrogen and oxygen atoms in total. The lowest BCUT2D eigenvalue weighted by molar-refractivity contribution is -0.163. The van der Waals surface area contributed by atoms with Crippen LogP contribution in [0.2, 0.25) is 0 Å². The number of esters is 1. The quantitative estimate of drug-likeness (QED) is 0.245. The lowest BCUT2D eigenvalue weighted by atomic mass is 9.91. The topological polar surface area (TPSA) is 49.8 Å². The van der Waals surface area contributed by atoms with Crippen molar-refractivity contribution >= 4 is 5.97 Å². The molecule has 0 aliphatic heterocycles. The van der Waals surface area contributed by atoms with Crippen LogP contribution in [0.5, 0.6) is 0 Å². The highest BCUT2D eigenvalue weighted by atomic mass is 16.5. The van der Waals surface area contributed by atoms with E-state index in [2.05, 4.69) is 75.9 Å². The second-order valence-electron chi connectivity index (χ2n) is 11.5. The van der Waals surface area contributed by atoms with E-state index in [1.165, 1.54) is 33.4 Å². The van der Waals surface area contributed by atoms with Gasteiger partial charge in [0.2, 0.25) is 0 Å². The van der Waals surface area contributed by atoms with Crippen LogP contribution in [0.15, 0.2) is 66.7 Å². The van der Waals surface area contributed by atoms with E-state index in [9.17, 15) is 9.90 Å². The lowest BCUT2D eigenvalue weighted by Gasteiger charge is -2.37. The largest absolute Gasteiger partial charge is 0.456 e. The summed E-state index contributed by atoms with van der Waals surface area (Å²) in [6.07, 6.45) is -0.694. The number of hydrogen-bond acceptors (Lipinski definition) is 4. The number of aliphatic hydroxyl groups is 1. The number of carbonyl (C=O) groups excluding carboxylic acids is 1. The standard InChI is InChI=1S/C35H47NO3/c1-9-31(33(37)23(2)3)35(38)39-34(29-16-11-10-12-17-29)28(8)36(21-30-18-14-13-15-25(30)5)22-32-26(6)19-24(4)20-27(32)7/h10-20,23,28,31,33-34,37H,9,21-22H2,1-8H3/t28-,31-,33+,34-/m0/s1. The Labute approximate surface area is 236 Å². The summed E-state index contributed by atoms with van der Waals surface area (Å²) < 4.78 is 6.35. The van der Waals surface area contributed by atoms with E-state index in [4.69, 9.17) is 4.74 Å².